The molecular weight excluding hydrogens is 231 g/mol. The number of aliphatic carboxylic acids is 1. The van der Waals surface area contributed by atoms with Crippen LogP contribution in [0.1, 0.15) is 19.3 Å². The van der Waals surface area contributed by atoms with E-state index in [9.17, 15) is 4.79 Å². The molecule has 2 nitrogen and oxygen atoms in total. The highest BCUT2D eigenvalue weighted by molar-refractivity contribution is 14.1. The van der Waals surface area contributed by atoms with Gasteiger partial charge in [0.15, 0.2) is 0 Å². The molecule has 1 saturated carbocycles. The Labute approximate surface area is 67.8 Å². The minimum Gasteiger partial charge on any atom is -0.481 e. The van der Waals surface area contributed by atoms with Crippen molar-refractivity contribution in [2.75, 3.05) is 0 Å². The average Bonchev–Trinajstić information content (AvgIpc) is 2.14. The Bertz CT molecular complexity index is 124. The van der Waals surface area contributed by atoms with Crippen molar-refractivity contribution < 1.29 is 9.90 Å². The van der Waals surface area contributed by atoms with Gasteiger partial charge in [0.1, 0.15) is 0 Å². The van der Waals surface area contributed by atoms with E-state index < -0.39 is 5.97 Å². The van der Waals surface area contributed by atoms with Crippen molar-refractivity contribution in [2.24, 2.45) is 5.92 Å². The summed E-state index contributed by atoms with van der Waals surface area (Å²) in [4.78, 5) is 10.3. The zero-order valence-corrected chi connectivity index (χ0v) is 7.17. The average molecular weight is 240 g/mol. The lowest BCUT2D eigenvalue weighted by atomic mass is 10.1. The quantitative estimate of drug-likeness (QED) is 0.559. The van der Waals surface area contributed by atoms with Crippen LogP contribution in [0.2, 0.25) is 0 Å². The molecule has 2 atom stereocenters. The van der Waals surface area contributed by atoms with Crippen LogP contribution in [0.15, 0.2) is 0 Å². The molecule has 0 spiro atoms. The zero-order chi connectivity index (χ0) is 6.85. The Morgan fingerprint density at radius 3 is 2.44 bits per heavy atom. The van der Waals surface area contributed by atoms with Crippen molar-refractivity contribution in [1.82, 2.24) is 0 Å². The van der Waals surface area contributed by atoms with E-state index in [0.29, 0.717) is 3.92 Å². The van der Waals surface area contributed by atoms with Gasteiger partial charge in [-0.15, -0.1) is 0 Å². The van der Waals surface area contributed by atoms with Crippen molar-refractivity contribution in [3.8, 4) is 0 Å². The molecule has 0 aromatic carbocycles. The second-order valence-electron chi connectivity index (χ2n) is 2.45. The number of carboxylic acid groups (broad SMARTS) is 1. The summed E-state index contributed by atoms with van der Waals surface area (Å²) in [5, 5.41) is 8.53. The first-order chi connectivity index (χ1) is 4.20. The number of hydrogen-bond acceptors (Lipinski definition) is 1. The molecule has 0 amide bonds. The monoisotopic (exact) mass is 240 g/mol. The summed E-state index contributed by atoms with van der Waals surface area (Å²) in [6.07, 6.45) is 2.83. The molecule has 0 unspecified atom stereocenters. The summed E-state index contributed by atoms with van der Waals surface area (Å²) in [5.74, 6) is -0.666. The van der Waals surface area contributed by atoms with Crippen molar-refractivity contribution in [1.29, 1.82) is 0 Å². The molecule has 9 heavy (non-hydrogen) atoms. The minimum atomic E-state index is -0.617. The molecule has 1 fully saturated rings. The molecule has 52 valence electrons. The van der Waals surface area contributed by atoms with E-state index >= 15 is 0 Å². The second-order valence-corrected chi connectivity index (χ2v) is 4.21. The molecule has 1 N–H and O–H groups in total. The standard InChI is InChI=1S/C6H9IO2/c7-5-2-1-4(3-5)6(8)9/h4-5H,1-3H2,(H,8,9)/t4-,5-/m0/s1. The molecule has 3 heteroatoms. The van der Waals surface area contributed by atoms with E-state index in [1.807, 2.05) is 0 Å². The SMILES string of the molecule is O=C(O)[C@H]1CC[C@H](I)C1. The maximum atomic E-state index is 10.3. The Kier molecular flexibility index (Phi) is 2.32. The molecule has 1 aliphatic carbocycles. The number of rotatable bonds is 1. The summed E-state index contributed by atoms with van der Waals surface area (Å²) in [6, 6.07) is 0. The van der Waals surface area contributed by atoms with Crippen LogP contribution in [-0.4, -0.2) is 15.0 Å². The normalized spacial score (nSPS) is 34.8. The molecule has 1 rings (SSSR count). The highest BCUT2D eigenvalue weighted by Gasteiger charge is 2.27. The van der Waals surface area contributed by atoms with Gasteiger partial charge in [-0.05, 0) is 19.3 Å². The molecule has 0 aliphatic heterocycles. The lowest BCUT2D eigenvalue weighted by molar-refractivity contribution is -0.141. The van der Waals surface area contributed by atoms with Crippen LogP contribution in [-0.2, 0) is 4.79 Å². The number of carbonyl (C=O) groups is 1. The van der Waals surface area contributed by atoms with Crippen molar-refractivity contribution in [2.45, 2.75) is 23.2 Å². The third kappa shape index (κ3) is 1.81. The third-order valence-electron chi connectivity index (χ3n) is 1.72. The smallest absolute Gasteiger partial charge is 0.306 e. The topological polar surface area (TPSA) is 37.3 Å². The van der Waals surface area contributed by atoms with Crippen molar-refractivity contribution in [3.63, 3.8) is 0 Å². The highest BCUT2D eigenvalue weighted by atomic mass is 127. The van der Waals surface area contributed by atoms with Gasteiger partial charge in [0, 0.05) is 3.92 Å². The number of hydrogen-bond donors (Lipinski definition) is 1. The molecular formula is C6H9IO2. The summed E-state index contributed by atoms with van der Waals surface area (Å²) in [7, 11) is 0. The fraction of sp³-hybridized carbons (Fsp3) is 0.833. The van der Waals surface area contributed by atoms with Crippen LogP contribution in [0.3, 0.4) is 0 Å². The lowest BCUT2D eigenvalue weighted by Crippen LogP contribution is -2.09. The first kappa shape index (κ1) is 7.31. The van der Waals surface area contributed by atoms with Gasteiger partial charge in [-0.25, -0.2) is 0 Å². The van der Waals surface area contributed by atoms with Gasteiger partial charge in [0.05, 0.1) is 5.92 Å². The highest BCUT2D eigenvalue weighted by Crippen LogP contribution is 2.30. The first-order valence-corrected chi connectivity index (χ1v) is 4.31. The van der Waals surface area contributed by atoms with E-state index in [4.69, 9.17) is 5.11 Å². The number of alkyl halides is 1. The Morgan fingerprint density at radius 1 is 1.56 bits per heavy atom. The molecule has 1 aliphatic rings. The molecule has 0 radical (unpaired) electrons. The molecule has 0 bridgehead atoms. The third-order valence-corrected chi connectivity index (χ3v) is 2.85. The Balaban J connectivity index is 2.39. The van der Waals surface area contributed by atoms with Gasteiger partial charge < -0.3 is 5.11 Å². The molecule has 0 heterocycles. The fourth-order valence-electron chi connectivity index (χ4n) is 1.15. The number of carboxylic acids is 1. The van der Waals surface area contributed by atoms with Crippen molar-refractivity contribution >= 4 is 28.6 Å². The van der Waals surface area contributed by atoms with Gasteiger partial charge in [0.25, 0.3) is 0 Å². The summed E-state index contributed by atoms with van der Waals surface area (Å²) in [5.41, 5.74) is 0. The number of halogens is 1. The molecule has 0 aromatic rings. The van der Waals surface area contributed by atoms with Crippen LogP contribution in [0, 0.1) is 5.92 Å². The second kappa shape index (κ2) is 2.86. The largest absolute Gasteiger partial charge is 0.481 e. The van der Waals surface area contributed by atoms with Gasteiger partial charge >= 0.3 is 5.97 Å². The maximum absolute atomic E-state index is 10.3. The molecule has 0 saturated heterocycles. The Morgan fingerprint density at radius 2 is 2.22 bits per heavy atom. The summed E-state index contributed by atoms with van der Waals surface area (Å²) < 4.78 is 0.601. The lowest BCUT2D eigenvalue weighted by Gasteiger charge is -1.98. The van der Waals surface area contributed by atoms with Gasteiger partial charge in [-0.3, -0.25) is 4.79 Å². The van der Waals surface area contributed by atoms with Crippen molar-refractivity contribution in [3.05, 3.63) is 0 Å². The minimum absolute atomic E-state index is 0.0492. The van der Waals surface area contributed by atoms with Crippen LogP contribution in [0.5, 0.6) is 0 Å². The van der Waals surface area contributed by atoms with E-state index in [1.54, 1.807) is 0 Å². The van der Waals surface area contributed by atoms with Gasteiger partial charge in [-0.1, -0.05) is 22.6 Å². The van der Waals surface area contributed by atoms with E-state index in [0.717, 1.165) is 19.3 Å². The predicted octanol–water partition coefficient (Wildman–Crippen LogP) is 1.67. The van der Waals surface area contributed by atoms with E-state index in [2.05, 4.69) is 22.6 Å². The van der Waals surface area contributed by atoms with Crippen LogP contribution in [0.4, 0.5) is 0 Å². The van der Waals surface area contributed by atoms with Crippen LogP contribution < -0.4 is 0 Å². The predicted molar refractivity (Wildman–Crippen MR) is 42.8 cm³/mol. The zero-order valence-electron chi connectivity index (χ0n) is 5.01. The fourth-order valence-corrected chi connectivity index (χ4v) is 2.12. The van der Waals surface area contributed by atoms with E-state index in [1.165, 1.54) is 0 Å². The Hall–Kier alpha value is 0.200. The van der Waals surface area contributed by atoms with Gasteiger partial charge in [0.2, 0.25) is 0 Å². The first-order valence-electron chi connectivity index (χ1n) is 3.07. The maximum Gasteiger partial charge on any atom is 0.306 e. The van der Waals surface area contributed by atoms with Crippen LogP contribution in [0.25, 0.3) is 0 Å². The summed E-state index contributed by atoms with van der Waals surface area (Å²) >= 11 is 2.32. The molecule has 0 aromatic heterocycles. The van der Waals surface area contributed by atoms with Crippen LogP contribution >= 0.6 is 22.6 Å². The summed E-state index contributed by atoms with van der Waals surface area (Å²) in [6.45, 7) is 0. The van der Waals surface area contributed by atoms with E-state index in [-0.39, 0.29) is 5.92 Å². The van der Waals surface area contributed by atoms with Gasteiger partial charge in [-0.2, -0.15) is 0 Å².